The summed E-state index contributed by atoms with van der Waals surface area (Å²) in [5, 5.41) is 16.4. The first-order chi connectivity index (χ1) is 9.79. The molecule has 1 saturated carbocycles. The first-order valence-electron chi connectivity index (χ1n) is 7.11. The molecule has 5 heteroatoms. The highest BCUT2D eigenvalue weighted by molar-refractivity contribution is 6.00. The quantitative estimate of drug-likeness (QED) is 0.886. The van der Waals surface area contributed by atoms with Crippen molar-refractivity contribution in [2.24, 2.45) is 11.8 Å². The summed E-state index contributed by atoms with van der Waals surface area (Å²) in [6.45, 7) is 0.853. The van der Waals surface area contributed by atoms with Gasteiger partial charge < -0.3 is 10.4 Å². The Bertz CT molecular complexity index is 608. The molecule has 1 amide bonds. The van der Waals surface area contributed by atoms with Gasteiger partial charge in [0.2, 0.25) is 0 Å². The molecule has 0 radical (unpaired) electrons. The first-order valence-corrected chi connectivity index (χ1v) is 7.11. The van der Waals surface area contributed by atoms with Gasteiger partial charge in [-0.2, -0.15) is 5.10 Å². The summed E-state index contributed by atoms with van der Waals surface area (Å²) in [4.78, 5) is 12.2. The predicted octanol–water partition coefficient (Wildman–Crippen LogP) is 1.47. The van der Waals surface area contributed by atoms with Gasteiger partial charge in [-0.1, -0.05) is 12.5 Å². The van der Waals surface area contributed by atoms with Crippen LogP contribution in [0, 0.1) is 11.8 Å². The second-order valence-electron chi connectivity index (χ2n) is 5.43. The highest BCUT2D eigenvalue weighted by Gasteiger charge is 2.27. The van der Waals surface area contributed by atoms with E-state index in [0.717, 1.165) is 24.8 Å². The zero-order chi connectivity index (χ0) is 13.9. The fraction of sp³-hybridized carbons (Fsp3) is 0.467. The molecule has 20 heavy (non-hydrogen) atoms. The van der Waals surface area contributed by atoms with Crippen molar-refractivity contribution in [3.63, 3.8) is 0 Å². The Kier molecular flexibility index (Phi) is 3.69. The van der Waals surface area contributed by atoms with Gasteiger partial charge in [0.25, 0.3) is 5.91 Å². The van der Waals surface area contributed by atoms with Crippen molar-refractivity contribution in [2.45, 2.75) is 19.3 Å². The molecule has 1 aliphatic carbocycles. The molecule has 3 rings (SSSR count). The van der Waals surface area contributed by atoms with E-state index in [-0.39, 0.29) is 12.5 Å². The largest absolute Gasteiger partial charge is 0.396 e. The van der Waals surface area contributed by atoms with Crippen LogP contribution in [0.1, 0.15) is 29.6 Å². The number of nitrogens with zero attached hydrogens (tertiary/aromatic N) is 2. The molecule has 2 aromatic rings. The standard InChI is InChI=1S/C15H19N3O2/c19-10-12-5-3-4-11(12)8-16-15(20)13-9-17-18-7-2-1-6-14(13)18/h1-2,6-7,9,11-12,19H,3-5,8,10H2,(H,16,20). The van der Waals surface area contributed by atoms with Crippen LogP contribution < -0.4 is 5.32 Å². The molecule has 106 valence electrons. The number of hydrogen-bond acceptors (Lipinski definition) is 3. The maximum atomic E-state index is 12.2. The molecule has 0 saturated heterocycles. The predicted molar refractivity (Wildman–Crippen MR) is 75.4 cm³/mol. The molecule has 0 spiro atoms. The van der Waals surface area contributed by atoms with Crippen LogP contribution in [0.4, 0.5) is 0 Å². The Hall–Kier alpha value is -1.88. The van der Waals surface area contributed by atoms with E-state index in [2.05, 4.69) is 10.4 Å². The van der Waals surface area contributed by atoms with Crippen molar-refractivity contribution in [1.82, 2.24) is 14.9 Å². The minimum atomic E-state index is -0.0882. The average Bonchev–Trinajstić information content (AvgIpc) is 3.11. The molecule has 0 aromatic carbocycles. The summed E-state index contributed by atoms with van der Waals surface area (Å²) in [5.41, 5.74) is 1.42. The molecule has 0 bridgehead atoms. The summed E-state index contributed by atoms with van der Waals surface area (Å²) < 4.78 is 1.70. The van der Waals surface area contributed by atoms with E-state index in [9.17, 15) is 9.90 Å². The molecule has 2 unspecified atom stereocenters. The number of nitrogens with one attached hydrogen (secondary N) is 1. The SMILES string of the molecule is O=C(NCC1CCCC1CO)c1cnn2ccccc12. The van der Waals surface area contributed by atoms with Gasteiger partial charge in [0, 0.05) is 19.3 Å². The molecule has 2 heterocycles. The first kappa shape index (κ1) is 13.1. The monoisotopic (exact) mass is 273 g/mol. The van der Waals surface area contributed by atoms with E-state index in [1.54, 1.807) is 10.7 Å². The van der Waals surface area contributed by atoms with Crippen molar-refractivity contribution in [2.75, 3.05) is 13.2 Å². The van der Waals surface area contributed by atoms with Crippen molar-refractivity contribution < 1.29 is 9.90 Å². The van der Waals surface area contributed by atoms with E-state index >= 15 is 0 Å². The van der Waals surface area contributed by atoms with Crippen LogP contribution in [0.5, 0.6) is 0 Å². The number of hydrogen-bond donors (Lipinski definition) is 2. The van der Waals surface area contributed by atoms with Gasteiger partial charge in [-0.15, -0.1) is 0 Å². The average molecular weight is 273 g/mol. The van der Waals surface area contributed by atoms with E-state index in [0.29, 0.717) is 23.9 Å². The van der Waals surface area contributed by atoms with Gasteiger partial charge in [-0.3, -0.25) is 4.79 Å². The van der Waals surface area contributed by atoms with Crippen LogP contribution in [0.25, 0.3) is 5.52 Å². The molecular formula is C15H19N3O2. The fourth-order valence-corrected chi connectivity index (χ4v) is 3.05. The minimum absolute atomic E-state index is 0.0882. The summed E-state index contributed by atoms with van der Waals surface area (Å²) in [5.74, 6) is 0.639. The Morgan fingerprint density at radius 3 is 3.10 bits per heavy atom. The Balaban J connectivity index is 1.67. The van der Waals surface area contributed by atoms with Gasteiger partial charge >= 0.3 is 0 Å². The molecule has 5 nitrogen and oxygen atoms in total. The maximum Gasteiger partial charge on any atom is 0.255 e. The van der Waals surface area contributed by atoms with Crippen LogP contribution in [0.15, 0.2) is 30.6 Å². The van der Waals surface area contributed by atoms with E-state index in [1.807, 2.05) is 24.4 Å². The Morgan fingerprint density at radius 1 is 1.40 bits per heavy atom. The lowest BCUT2D eigenvalue weighted by molar-refractivity contribution is 0.0939. The lowest BCUT2D eigenvalue weighted by atomic mass is 9.97. The minimum Gasteiger partial charge on any atom is -0.396 e. The highest BCUT2D eigenvalue weighted by Crippen LogP contribution is 2.30. The number of aliphatic hydroxyl groups is 1. The number of fused-ring (bicyclic) bond motifs is 1. The third-order valence-electron chi connectivity index (χ3n) is 4.25. The Labute approximate surface area is 117 Å². The number of carbonyl (C=O) groups excluding carboxylic acids is 1. The molecular weight excluding hydrogens is 254 g/mol. The lowest BCUT2D eigenvalue weighted by Crippen LogP contribution is -2.31. The molecule has 0 aliphatic heterocycles. The van der Waals surface area contributed by atoms with Crippen molar-refractivity contribution in [3.8, 4) is 0 Å². The number of amides is 1. The maximum absolute atomic E-state index is 12.2. The zero-order valence-electron chi connectivity index (χ0n) is 11.3. The third-order valence-corrected chi connectivity index (χ3v) is 4.25. The smallest absolute Gasteiger partial charge is 0.255 e. The second-order valence-corrected chi connectivity index (χ2v) is 5.43. The van der Waals surface area contributed by atoms with Gasteiger partial charge in [0.1, 0.15) is 0 Å². The molecule has 2 aromatic heterocycles. The van der Waals surface area contributed by atoms with E-state index < -0.39 is 0 Å². The number of rotatable bonds is 4. The van der Waals surface area contributed by atoms with Crippen molar-refractivity contribution >= 4 is 11.4 Å². The lowest BCUT2D eigenvalue weighted by Gasteiger charge is -2.17. The van der Waals surface area contributed by atoms with Crippen LogP contribution in [0.2, 0.25) is 0 Å². The molecule has 1 aliphatic rings. The summed E-state index contributed by atoms with van der Waals surface area (Å²) in [6, 6.07) is 5.66. The summed E-state index contributed by atoms with van der Waals surface area (Å²) in [6.07, 6.45) is 6.71. The number of aromatic nitrogens is 2. The normalized spacial score (nSPS) is 22.2. The zero-order valence-corrected chi connectivity index (χ0v) is 11.3. The van der Waals surface area contributed by atoms with Crippen LogP contribution in [-0.4, -0.2) is 33.8 Å². The van der Waals surface area contributed by atoms with Gasteiger partial charge in [-0.05, 0) is 36.8 Å². The van der Waals surface area contributed by atoms with Crippen LogP contribution in [0.3, 0.4) is 0 Å². The topological polar surface area (TPSA) is 66.6 Å². The van der Waals surface area contributed by atoms with Crippen LogP contribution in [-0.2, 0) is 0 Å². The molecule has 1 fully saturated rings. The van der Waals surface area contributed by atoms with Crippen LogP contribution >= 0.6 is 0 Å². The number of pyridine rings is 1. The number of aliphatic hydroxyl groups excluding tert-OH is 1. The van der Waals surface area contributed by atoms with E-state index in [4.69, 9.17) is 0 Å². The van der Waals surface area contributed by atoms with E-state index in [1.165, 1.54) is 0 Å². The van der Waals surface area contributed by atoms with Gasteiger partial charge in [0.05, 0.1) is 17.3 Å². The van der Waals surface area contributed by atoms with Crippen molar-refractivity contribution in [3.05, 3.63) is 36.2 Å². The second kappa shape index (κ2) is 5.63. The van der Waals surface area contributed by atoms with Gasteiger partial charge in [-0.25, -0.2) is 4.52 Å². The van der Waals surface area contributed by atoms with Gasteiger partial charge in [0.15, 0.2) is 0 Å². The molecule has 2 atom stereocenters. The summed E-state index contributed by atoms with van der Waals surface area (Å²) >= 11 is 0. The Morgan fingerprint density at radius 2 is 2.25 bits per heavy atom. The fourth-order valence-electron chi connectivity index (χ4n) is 3.05. The third kappa shape index (κ3) is 2.41. The number of carbonyl (C=O) groups is 1. The summed E-state index contributed by atoms with van der Waals surface area (Å²) in [7, 11) is 0. The molecule has 2 N–H and O–H groups in total. The van der Waals surface area contributed by atoms with Crippen molar-refractivity contribution in [1.29, 1.82) is 0 Å². The highest BCUT2D eigenvalue weighted by atomic mass is 16.3.